The Balaban J connectivity index is 1.80. The van der Waals surface area contributed by atoms with Crippen molar-refractivity contribution in [2.24, 2.45) is 5.92 Å². The Bertz CT molecular complexity index is 717. The minimum atomic E-state index is -0.312. The SMILES string of the molecule is COc1ccc([C@H](NC(=O)c2cncc(Cl)c2)C2CC(O)C2)cn1. The molecule has 1 fully saturated rings. The number of methoxy groups -OCH3 is 1. The first-order valence-electron chi connectivity index (χ1n) is 7.66. The van der Waals surface area contributed by atoms with Crippen molar-refractivity contribution < 1.29 is 14.6 Å². The van der Waals surface area contributed by atoms with Crippen LogP contribution < -0.4 is 10.1 Å². The third kappa shape index (κ3) is 3.66. The largest absolute Gasteiger partial charge is 0.481 e. The molecule has 6 nitrogen and oxygen atoms in total. The van der Waals surface area contributed by atoms with E-state index in [-0.39, 0.29) is 24.0 Å². The minimum absolute atomic E-state index is 0.159. The zero-order chi connectivity index (χ0) is 17.1. The Hall–Kier alpha value is -2.18. The Morgan fingerprint density at radius 3 is 2.75 bits per heavy atom. The van der Waals surface area contributed by atoms with Crippen molar-refractivity contribution in [3.05, 3.63) is 52.9 Å². The number of halogens is 1. The number of rotatable bonds is 5. The quantitative estimate of drug-likeness (QED) is 0.867. The maximum absolute atomic E-state index is 12.5. The van der Waals surface area contributed by atoms with Gasteiger partial charge in [0.15, 0.2) is 0 Å². The van der Waals surface area contributed by atoms with E-state index in [2.05, 4.69) is 15.3 Å². The number of aromatic nitrogens is 2. The number of carbonyl (C=O) groups is 1. The average Bonchev–Trinajstić information content (AvgIpc) is 2.57. The van der Waals surface area contributed by atoms with E-state index in [0.29, 0.717) is 29.3 Å². The zero-order valence-electron chi connectivity index (χ0n) is 13.1. The van der Waals surface area contributed by atoms with E-state index in [9.17, 15) is 9.90 Å². The van der Waals surface area contributed by atoms with Gasteiger partial charge in [-0.25, -0.2) is 4.98 Å². The van der Waals surface area contributed by atoms with E-state index in [1.807, 2.05) is 6.07 Å². The predicted octanol–water partition coefficient (Wildman–Crippen LogP) is 2.38. The highest BCUT2D eigenvalue weighted by molar-refractivity contribution is 6.30. The Morgan fingerprint density at radius 2 is 2.17 bits per heavy atom. The number of nitrogens with zero attached hydrogens (tertiary/aromatic N) is 2. The summed E-state index contributed by atoms with van der Waals surface area (Å²) in [7, 11) is 1.55. The second-order valence-electron chi connectivity index (χ2n) is 5.86. The lowest BCUT2D eigenvalue weighted by Crippen LogP contribution is -2.41. The molecule has 24 heavy (non-hydrogen) atoms. The summed E-state index contributed by atoms with van der Waals surface area (Å²) in [6, 6.07) is 4.96. The molecule has 1 aliphatic carbocycles. The van der Waals surface area contributed by atoms with Crippen molar-refractivity contribution >= 4 is 17.5 Å². The van der Waals surface area contributed by atoms with E-state index < -0.39 is 0 Å². The monoisotopic (exact) mass is 347 g/mol. The first-order valence-corrected chi connectivity index (χ1v) is 8.04. The molecule has 1 aliphatic rings. The van der Waals surface area contributed by atoms with Gasteiger partial charge in [0.2, 0.25) is 5.88 Å². The van der Waals surface area contributed by atoms with Gasteiger partial charge in [-0.2, -0.15) is 0 Å². The summed E-state index contributed by atoms with van der Waals surface area (Å²) in [6.45, 7) is 0. The van der Waals surface area contributed by atoms with Crippen molar-refractivity contribution in [2.75, 3.05) is 7.11 Å². The molecular weight excluding hydrogens is 330 g/mol. The molecule has 2 aromatic heterocycles. The molecule has 1 saturated carbocycles. The second-order valence-corrected chi connectivity index (χ2v) is 6.30. The third-order valence-corrected chi connectivity index (χ3v) is 4.41. The van der Waals surface area contributed by atoms with E-state index in [1.165, 1.54) is 12.4 Å². The van der Waals surface area contributed by atoms with Crippen molar-refractivity contribution in [3.8, 4) is 5.88 Å². The second kappa shape index (κ2) is 7.15. The van der Waals surface area contributed by atoms with Crippen molar-refractivity contribution in [3.63, 3.8) is 0 Å². The molecule has 2 aromatic rings. The van der Waals surface area contributed by atoms with Gasteiger partial charge in [-0.3, -0.25) is 9.78 Å². The van der Waals surface area contributed by atoms with E-state index in [1.54, 1.807) is 25.4 Å². The molecule has 2 heterocycles. The van der Waals surface area contributed by atoms with Crippen LogP contribution in [0.15, 0.2) is 36.8 Å². The number of hydrogen-bond donors (Lipinski definition) is 2. The molecule has 0 bridgehead atoms. The van der Waals surface area contributed by atoms with Crippen LogP contribution in [0.1, 0.15) is 34.8 Å². The highest BCUT2D eigenvalue weighted by Gasteiger charge is 2.36. The number of amides is 1. The molecule has 0 radical (unpaired) electrons. The first-order chi connectivity index (χ1) is 11.6. The Morgan fingerprint density at radius 1 is 1.38 bits per heavy atom. The summed E-state index contributed by atoms with van der Waals surface area (Å²) in [5, 5.41) is 13.0. The zero-order valence-corrected chi connectivity index (χ0v) is 13.9. The summed E-state index contributed by atoms with van der Waals surface area (Å²) in [6.07, 6.45) is 5.61. The van der Waals surface area contributed by atoms with E-state index in [4.69, 9.17) is 16.3 Å². The molecule has 1 atom stereocenters. The molecule has 0 saturated heterocycles. The van der Waals surface area contributed by atoms with Gasteiger partial charge < -0.3 is 15.2 Å². The van der Waals surface area contributed by atoms with Crippen LogP contribution in [0.3, 0.4) is 0 Å². The summed E-state index contributed by atoms with van der Waals surface area (Å²) >= 11 is 5.90. The van der Waals surface area contributed by atoms with Gasteiger partial charge in [0.1, 0.15) is 0 Å². The topological polar surface area (TPSA) is 84.3 Å². The molecular formula is C17H18ClN3O3. The van der Waals surface area contributed by atoms with Gasteiger partial charge in [-0.05, 0) is 30.4 Å². The fourth-order valence-corrected chi connectivity index (χ4v) is 3.01. The third-order valence-electron chi connectivity index (χ3n) is 4.20. The number of pyridine rings is 2. The van der Waals surface area contributed by atoms with Crippen LogP contribution in [0.5, 0.6) is 5.88 Å². The van der Waals surface area contributed by atoms with Gasteiger partial charge in [-0.1, -0.05) is 17.7 Å². The Kier molecular flexibility index (Phi) is 4.97. The molecule has 7 heteroatoms. The lowest BCUT2D eigenvalue weighted by Gasteiger charge is -2.38. The number of ether oxygens (including phenoxy) is 1. The van der Waals surface area contributed by atoms with Crippen LogP contribution in [0.2, 0.25) is 5.02 Å². The summed E-state index contributed by atoms with van der Waals surface area (Å²) < 4.78 is 5.07. The van der Waals surface area contributed by atoms with Crippen LogP contribution in [-0.4, -0.2) is 34.2 Å². The molecule has 0 spiro atoms. The Labute approximate surface area is 144 Å². The van der Waals surface area contributed by atoms with Crippen molar-refractivity contribution in [1.82, 2.24) is 15.3 Å². The summed E-state index contributed by atoms with van der Waals surface area (Å²) in [4.78, 5) is 20.7. The van der Waals surface area contributed by atoms with Crippen LogP contribution in [0.4, 0.5) is 0 Å². The maximum atomic E-state index is 12.5. The predicted molar refractivity (Wildman–Crippen MR) is 89.0 cm³/mol. The van der Waals surface area contributed by atoms with Crippen LogP contribution >= 0.6 is 11.6 Å². The number of aliphatic hydroxyl groups excluding tert-OH is 1. The van der Waals surface area contributed by atoms with Crippen LogP contribution in [0, 0.1) is 5.92 Å². The fraction of sp³-hybridized carbons (Fsp3) is 0.353. The van der Waals surface area contributed by atoms with Gasteiger partial charge >= 0.3 is 0 Å². The van der Waals surface area contributed by atoms with E-state index in [0.717, 1.165) is 5.56 Å². The molecule has 2 N–H and O–H groups in total. The van der Waals surface area contributed by atoms with Crippen LogP contribution in [-0.2, 0) is 0 Å². The smallest absolute Gasteiger partial charge is 0.253 e. The normalized spacial score (nSPS) is 20.8. The molecule has 0 unspecified atom stereocenters. The number of carbonyl (C=O) groups excluding carboxylic acids is 1. The van der Waals surface area contributed by atoms with Gasteiger partial charge in [0.05, 0.1) is 29.8 Å². The molecule has 126 valence electrons. The fourth-order valence-electron chi connectivity index (χ4n) is 2.83. The lowest BCUT2D eigenvalue weighted by molar-refractivity contribution is 0.0234. The minimum Gasteiger partial charge on any atom is -0.481 e. The van der Waals surface area contributed by atoms with Gasteiger partial charge in [0, 0.05) is 24.7 Å². The standard InChI is InChI=1S/C17H18ClN3O3/c1-24-15-3-2-10(8-20-15)16(11-5-14(22)6-11)21-17(23)12-4-13(18)9-19-7-12/h2-4,7-9,11,14,16,22H,5-6H2,1H3,(H,21,23)/t11?,14?,16-/m0/s1. The molecule has 0 aliphatic heterocycles. The van der Waals surface area contributed by atoms with Crippen LogP contribution in [0.25, 0.3) is 0 Å². The first kappa shape index (κ1) is 16.7. The summed E-state index contributed by atoms with van der Waals surface area (Å²) in [5.41, 5.74) is 1.27. The number of aliphatic hydroxyl groups is 1. The number of hydrogen-bond acceptors (Lipinski definition) is 5. The van der Waals surface area contributed by atoms with Crippen molar-refractivity contribution in [2.45, 2.75) is 25.0 Å². The molecule has 0 aromatic carbocycles. The molecule has 1 amide bonds. The van der Waals surface area contributed by atoms with E-state index >= 15 is 0 Å². The lowest BCUT2D eigenvalue weighted by atomic mass is 9.75. The van der Waals surface area contributed by atoms with Gasteiger partial charge in [-0.15, -0.1) is 0 Å². The highest BCUT2D eigenvalue weighted by atomic mass is 35.5. The molecule has 3 rings (SSSR count). The average molecular weight is 348 g/mol. The van der Waals surface area contributed by atoms with Gasteiger partial charge in [0.25, 0.3) is 5.91 Å². The highest BCUT2D eigenvalue weighted by Crippen LogP contribution is 2.38. The maximum Gasteiger partial charge on any atom is 0.253 e. The summed E-state index contributed by atoms with van der Waals surface area (Å²) in [5.74, 6) is 0.412. The van der Waals surface area contributed by atoms with Crippen molar-refractivity contribution in [1.29, 1.82) is 0 Å². The number of nitrogens with one attached hydrogen (secondary N) is 1.